The fourth-order valence-electron chi connectivity index (χ4n) is 3.11. The summed E-state index contributed by atoms with van der Waals surface area (Å²) < 4.78 is 13.2. The van der Waals surface area contributed by atoms with E-state index in [0.29, 0.717) is 0 Å². The molecule has 0 radical (unpaired) electrons. The molecule has 102 valence electrons. The van der Waals surface area contributed by atoms with Crippen molar-refractivity contribution < 1.29 is 9.18 Å². The van der Waals surface area contributed by atoms with Crippen LogP contribution in [0.5, 0.6) is 0 Å². The predicted molar refractivity (Wildman–Crippen MR) is 71.2 cm³/mol. The molecule has 3 rings (SSSR count). The van der Waals surface area contributed by atoms with E-state index in [1.165, 1.54) is 6.07 Å². The van der Waals surface area contributed by atoms with E-state index in [9.17, 15) is 9.18 Å². The third-order valence-corrected chi connectivity index (χ3v) is 4.11. The highest BCUT2D eigenvalue weighted by Crippen LogP contribution is 2.30. The molecule has 0 bridgehead atoms. The first-order valence-electron chi connectivity index (χ1n) is 7.06. The first-order valence-corrected chi connectivity index (χ1v) is 7.06. The van der Waals surface area contributed by atoms with E-state index < -0.39 is 0 Å². The Morgan fingerprint density at radius 2 is 2.21 bits per heavy atom. The highest BCUT2D eigenvalue weighted by Gasteiger charge is 2.27. The van der Waals surface area contributed by atoms with Crippen molar-refractivity contribution >= 4 is 5.91 Å². The monoisotopic (exact) mass is 262 g/mol. The third kappa shape index (κ3) is 2.63. The number of hydrogen-bond donors (Lipinski definition) is 2. The molecule has 2 aliphatic rings. The summed E-state index contributed by atoms with van der Waals surface area (Å²) in [7, 11) is 0. The molecule has 1 aromatic rings. The van der Waals surface area contributed by atoms with Crippen molar-refractivity contribution in [1.29, 1.82) is 0 Å². The SMILES string of the molecule is O=C(N[C@H]1CCCc2cc(F)ccc21)[C@@H]1CCCN1. The lowest BCUT2D eigenvalue weighted by molar-refractivity contribution is -0.123. The Bertz CT molecular complexity index is 483. The van der Waals surface area contributed by atoms with Gasteiger partial charge < -0.3 is 10.6 Å². The highest BCUT2D eigenvalue weighted by atomic mass is 19.1. The Labute approximate surface area is 112 Å². The smallest absolute Gasteiger partial charge is 0.237 e. The fourth-order valence-corrected chi connectivity index (χ4v) is 3.11. The second kappa shape index (κ2) is 5.29. The van der Waals surface area contributed by atoms with Crippen molar-refractivity contribution in [2.45, 2.75) is 44.2 Å². The van der Waals surface area contributed by atoms with E-state index in [2.05, 4.69) is 10.6 Å². The molecule has 2 N–H and O–H groups in total. The van der Waals surface area contributed by atoms with E-state index in [1.54, 1.807) is 6.07 Å². The maximum absolute atomic E-state index is 13.2. The molecular weight excluding hydrogens is 243 g/mol. The Balaban J connectivity index is 1.74. The van der Waals surface area contributed by atoms with Crippen LogP contribution in [-0.4, -0.2) is 18.5 Å². The van der Waals surface area contributed by atoms with Crippen LogP contribution >= 0.6 is 0 Å². The van der Waals surface area contributed by atoms with Crippen molar-refractivity contribution in [3.63, 3.8) is 0 Å². The molecular formula is C15H19FN2O. The van der Waals surface area contributed by atoms with Crippen LogP contribution in [0.2, 0.25) is 0 Å². The number of fused-ring (bicyclic) bond motifs is 1. The number of benzene rings is 1. The maximum atomic E-state index is 13.2. The van der Waals surface area contributed by atoms with Gasteiger partial charge in [-0.2, -0.15) is 0 Å². The zero-order valence-electron chi connectivity index (χ0n) is 10.9. The number of carbonyl (C=O) groups is 1. The van der Waals surface area contributed by atoms with Crippen LogP contribution in [0.15, 0.2) is 18.2 Å². The first kappa shape index (κ1) is 12.6. The number of carbonyl (C=O) groups excluding carboxylic acids is 1. The summed E-state index contributed by atoms with van der Waals surface area (Å²) in [5.74, 6) is -0.108. The number of rotatable bonds is 2. The molecule has 0 saturated carbocycles. The van der Waals surface area contributed by atoms with Crippen LogP contribution in [0, 0.1) is 5.82 Å². The van der Waals surface area contributed by atoms with E-state index in [-0.39, 0.29) is 23.8 Å². The van der Waals surface area contributed by atoms with Gasteiger partial charge in [-0.1, -0.05) is 6.07 Å². The molecule has 0 spiro atoms. The van der Waals surface area contributed by atoms with Gasteiger partial charge in [-0.05, 0) is 61.9 Å². The summed E-state index contributed by atoms with van der Waals surface area (Å²) >= 11 is 0. The lowest BCUT2D eigenvalue weighted by atomic mass is 9.87. The Morgan fingerprint density at radius 1 is 1.32 bits per heavy atom. The number of amides is 1. The minimum atomic E-state index is -0.191. The molecule has 1 amide bonds. The van der Waals surface area contributed by atoms with E-state index >= 15 is 0 Å². The molecule has 2 atom stereocenters. The minimum Gasteiger partial charge on any atom is -0.348 e. The molecule has 0 unspecified atom stereocenters. The van der Waals surface area contributed by atoms with Gasteiger partial charge in [-0.3, -0.25) is 4.79 Å². The quantitative estimate of drug-likeness (QED) is 0.856. The summed E-state index contributed by atoms with van der Waals surface area (Å²) in [5, 5.41) is 6.32. The fraction of sp³-hybridized carbons (Fsp3) is 0.533. The Hall–Kier alpha value is -1.42. The van der Waals surface area contributed by atoms with Crippen LogP contribution in [-0.2, 0) is 11.2 Å². The summed E-state index contributed by atoms with van der Waals surface area (Å²) in [4.78, 5) is 12.1. The van der Waals surface area contributed by atoms with Gasteiger partial charge in [-0.25, -0.2) is 4.39 Å². The van der Waals surface area contributed by atoms with E-state index in [0.717, 1.165) is 49.8 Å². The maximum Gasteiger partial charge on any atom is 0.237 e. The number of aryl methyl sites for hydroxylation is 1. The second-order valence-corrected chi connectivity index (χ2v) is 5.45. The number of nitrogens with one attached hydrogen (secondary N) is 2. The van der Waals surface area contributed by atoms with Crippen LogP contribution in [0.25, 0.3) is 0 Å². The summed E-state index contributed by atoms with van der Waals surface area (Å²) in [6.45, 7) is 0.921. The standard InChI is InChI=1S/C15H19FN2O/c16-11-6-7-12-10(9-11)3-1-4-13(12)18-15(19)14-5-2-8-17-14/h6-7,9,13-14,17H,1-5,8H2,(H,18,19)/t13-,14-/m0/s1. The van der Waals surface area contributed by atoms with Gasteiger partial charge in [0.1, 0.15) is 5.82 Å². The molecule has 1 aromatic carbocycles. The van der Waals surface area contributed by atoms with Crippen LogP contribution in [0.3, 0.4) is 0 Å². The van der Waals surface area contributed by atoms with Crippen LogP contribution in [0.4, 0.5) is 4.39 Å². The molecule has 3 nitrogen and oxygen atoms in total. The van der Waals surface area contributed by atoms with Gasteiger partial charge in [0.15, 0.2) is 0 Å². The number of halogens is 1. The van der Waals surface area contributed by atoms with Crippen molar-refractivity contribution in [3.8, 4) is 0 Å². The topological polar surface area (TPSA) is 41.1 Å². The molecule has 1 heterocycles. The first-order chi connectivity index (χ1) is 9.24. The van der Waals surface area contributed by atoms with Crippen molar-refractivity contribution in [2.75, 3.05) is 6.54 Å². The van der Waals surface area contributed by atoms with Gasteiger partial charge >= 0.3 is 0 Å². The number of hydrogen-bond acceptors (Lipinski definition) is 2. The minimum absolute atomic E-state index is 0.0410. The lowest BCUT2D eigenvalue weighted by Gasteiger charge is -2.27. The molecule has 1 aliphatic heterocycles. The predicted octanol–water partition coefficient (Wildman–Crippen LogP) is 2.07. The van der Waals surface area contributed by atoms with E-state index in [1.807, 2.05) is 6.07 Å². The van der Waals surface area contributed by atoms with Gasteiger partial charge in [0, 0.05) is 0 Å². The molecule has 1 saturated heterocycles. The zero-order valence-corrected chi connectivity index (χ0v) is 10.9. The molecule has 4 heteroatoms. The van der Waals surface area contributed by atoms with Crippen LogP contribution in [0.1, 0.15) is 42.9 Å². The van der Waals surface area contributed by atoms with Gasteiger partial charge in [0.25, 0.3) is 0 Å². The van der Waals surface area contributed by atoms with Gasteiger partial charge in [-0.15, -0.1) is 0 Å². The van der Waals surface area contributed by atoms with Gasteiger partial charge in [0.05, 0.1) is 12.1 Å². The molecule has 19 heavy (non-hydrogen) atoms. The summed E-state index contributed by atoms with van der Waals surface area (Å²) in [5.41, 5.74) is 2.12. The van der Waals surface area contributed by atoms with Crippen LogP contribution < -0.4 is 10.6 Å². The van der Waals surface area contributed by atoms with E-state index in [4.69, 9.17) is 0 Å². The third-order valence-electron chi connectivity index (χ3n) is 4.11. The molecule has 1 fully saturated rings. The Morgan fingerprint density at radius 3 is 3.00 bits per heavy atom. The highest BCUT2D eigenvalue weighted by molar-refractivity contribution is 5.82. The van der Waals surface area contributed by atoms with Gasteiger partial charge in [0.2, 0.25) is 5.91 Å². The Kier molecular flexibility index (Phi) is 3.51. The summed E-state index contributed by atoms with van der Waals surface area (Å²) in [6.07, 6.45) is 4.82. The normalized spacial score (nSPS) is 25.9. The molecule has 1 aliphatic carbocycles. The average molecular weight is 262 g/mol. The average Bonchev–Trinajstić information content (AvgIpc) is 2.92. The zero-order chi connectivity index (χ0) is 13.2. The van der Waals surface area contributed by atoms with Crippen molar-refractivity contribution in [1.82, 2.24) is 10.6 Å². The second-order valence-electron chi connectivity index (χ2n) is 5.45. The van der Waals surface area contributed by atoms with Crippen molar-refractivity contribution in [2.24, 2.45) is 0 Å². The largest absolute Gasteiger partial charge is 0.348 e. The lowest BCUT2D eigenvalue weighted by Crippen LogP contribution is -2.42. The molecule has 0 aromatic heterocycles. The summed E-state index contributed by atoms with van der Waals surface area (Å²) in [6, 6.07) is 4.89. The van der Waals surface area contributed by atoms with Crippen molar-refractivity contribution in [3.05, 3.63) is 35.1 Å².